The topological polar surface area (TPSA) is 136 Å². The third-order valence-electron chi connectivity index (χ3n) is 7.31. The van der Waals surface area contributed by atoms with E-state index in [1.165, 1.54) is 12.8 Å². The monoisotopic (exact) mass is 498 g/mol. The fourth-order valence-electron chi connectivity index (χ4n) is 5.08. The van der Waals surface area contributed by atoms with Crippen molar-refractivity contribution in [2.24, 2.45) is 11.8 Å². The van der Waals surface area contributed by atoms with Gasteiger partial charge in [-0.15, -0.1) is 11.3 Å². The molecule has 0 aliphatic heterocycles. The zero-order valence-electron chi connectivity index (χ0n) is 20.3. The van der Waals surface area contributed by atoms with Crippen molar-refractivity contribution in [2.75, 3.05) is 10.6 Å². The summed E-state index contributed by atoms with van der Waals surface area (Å²) in [6.07, 6.45) is 5.08. The minimum absolute atomic E-state index is 0.272. The first-order chi connectivity index (χ1) is 16.9. The number of aliphatic hydroxyl groups excluding tert-OH is 3. The first-order valence-corrected chi connectivity index (χ1v) is 13.3. The molecule has 2 aliphatic carbocycles. The van der Waals surface area contributed by atoms with Gasteiger partial charge in [-0.3, -0.25) is 4.98 Å². The van der Waals surface area contributed by atoms with E-state index in [-0.39, 0.29) is 6.04 Å². The van der Waals surface area contributed by atoms with Gasteiger partial charge in [-0.1, -0.05) is 13.3 Å². The van der Waals surface area contributed by atoms with Crippen molar-refractivity contribution >= 4 is 33.3 Å². The number of fused-ring (bicyclic) bond motifs is 1. The molecule has 3 aromatic rings. The van der Waals surface area contributed by atoms with Gasteiger partial charge in [0, 0.05) is 18.2 Å². The van der Waals surface area contributed by atoms with Crippen molar-refractivity contribution in [3.05, 3.63) is 24.2 Å². The molecule has 0 amide bonds. The van der Waals surface area contributed by atoms with Crippen molar-refractivity contribution < 1.29 is 15.3 Å². The Morgan fingerprint density at radius 1 is 1.17 bits per heavy atom. The third kappa shape index (κ3) is 4.97. The number of thiazole rings is 1. The van der Waals surface area contributed by atoms with E-state index in [1.807, 2.05) is 19.9 Å². The summed E-state index contributed by atoms with van der Waals surface area (Å²) in [4.78, 5) is 18.5. The van der Waals surface area contributed by atoms with Gasteiger partial charge in [-0.2, -0.15) is 4.98 Å². The van der Waals surface area contributed by atoms with Crippen LogP contribution in [0.25, 0.3) is 20.8 Å². The summed E-state index contributed by atoms with van der Waals surface area (Å²) >= 11 is 1.54. The summed E-state index contributed by atoms with van der Waals surface area (Å²) in [7, 11) is 0. The van der Waals surface area contributed by atoms with Crippen molar-refractivity contribution in [1.82, 2.24) is 19.9 Å². The smallest absolute Gasteiger partial charge is 0.225 e. The Balaban J connectivity index is 1.50. The van der Waals surface area contributed by atoms with Crippen LogP contribution < -0.4 is 10.6 Å². The zero-order valence-corrected chi connectivity index (χ0v) is 21.2. The van der Waals surface area contributed by atoms with E-state index in [2.05, 4.69) is 22.5 Å². The predicted octanol–water partition coefficient (Wildman–Crippen LogP) is 3.35. The van der Waals surface area contributed by atoms with Crippen LogP contribution in [0.3, 0.4) is 0 Å². The highest BCUT2D eigenvalue weighted by molar-refractivity contribution is 7.21. The second kappa shape index (κ2) is 9.93. The van der Waals surface area contributed by atoms with Gasteiger partial charge in [0.05, 0.1) is 40.4 Å². The molecule has 5 rings (SSSR count). The highest BCUT2D eigenvalue weighted by Crippen LogP contribution is 2.39. The maximum Gasteiger partial charge on any atom is 0.225 e. The number of pyridine rings is 1. The summed E-state index contributed by atoms with van der Waals surface area (Å²) < 4.78 is 1.02. The number of nitrogens with zero attached hydrogens (tertiary/aromatic N) is 4. The van der Waals surface area contributed by atoms with Gasteiger partial charge in [0.15, 0.2) is 0 Å². The van der Waals surface area contributed by atoms with Crippen molar-refractivity contribution in [3.63, 3.8) is 0 Å². The molecule has 0 bridgehead atoms. The number of aromatic nitrogens is 4. The summed E-state index contributed by atoms with van der Waals surface area (Å²) in [5, 5.41) is 39.6. The van der Waals surface area contributed by atoms with Crippen LogP contribution in [0.4, 0.5) is 11.8 Å². The van der Waals surface area contributed by atoms with Gasteiger partial charge in [0.25, 0.3) is 0 Å². The van der Waals surface area contributed by atoms with E-state index in [0.29, 0.717) is 30.5 Å². The Morgan fingerprint density at radius 3 is 2.69 bits per heavy atom. The molecule has 2 aliphatic rings. The van der Waals surface area contributed by atoms with Crippen molar-refractivity contribution in [1.29, 1.82) is 0 Å². The largest absolute Gasteiger partial charge is 0.393 e. The van der Waals surface area contributed by atoms with E-state index in [1.54, 1.807) is 23.7 Å². The molecular weight excluding hydrogens is 464 g/mol. The van der Waals surface area contributed by atoms with Crippen molar-refractivity contribution in [3.8, 4) is 10.6 Å². The molecule has 0 radical (unpaired) electrons. The molecule has 2 saturated carbocycles. The van der Waals surface area contributed by atoms with E-state index >= 15 is 0 Å². The Kier molecular flexibility index (Phi) is 6.89. The number of rotatable bonds is 9. The van der Waals surface area contributed by atoms with Crippen LogP contribution in [0.15, 0.2) is 18.5 Å². The predicted molar refractivity (Wildman–Crippen MR) is 137 cm³/mol. The van der Waals surface area contributed by atoms with Crippen LogP contribution in [0.2, 0.25) is 0 Å². The molecule has 0 spiro atoms. The highest BCUT2D eigenvalue weighted by Gasteiger charge is 2.44. The van der Waals surface area contributed by atoms with Gasteiger partial charge in [0.2, 0.25) is 5.95 Å². The van der Waals surface area contributed by atoms with Gasteiger partial charge in [0.1, 0.15) is 22.4 Å². The second-order valence-electron chi connectivity index (χ2n) is 9.98. The number of anilines is 2. The average Bonchev–Trinajstić information content (AvgIpc) is 3.54. The normalized spacial score (nSPS) is 26.1. The molecule has 35 heavy (non-hydrogen) atoms. The fraction of sp³-hybridized carbons (Fsp3) is 0.600. The lowest BCUT2D eigenvalue weighted by molar-refractivity contribution is -0.0234. The fourth-order valence-corrected chi connectivity index (χ4v) is 6.11. The van der Waals surface area contributed by atoms with Crippen molar-refractivity contribution in [2.45, 2.75) is 83.3 Å². The van der Waals surface area contributed by atoms with Crippen LogP contribution in [0, 0.1) is 18.8 Å². The SMILES string of the molecule is CCCC(O)C1CC(Nc2nc(NC(C)C3CC3)nc(C)c2-c2nc3cnccc3s2)C(O)C1O. The Labute approximate surface area is 209 Å². The number of nitrogens with one attached hydrogen (secondary N) is 2. The third-order valence-corrected chi connectivity index (χ3v) is 8.36. The molecule has 3 aromatic heterocycles. The van der Waals surface area contributed by atoms with Gasteiger partial charge < -0.3 is 26.0 Å². The first kappa shape index (κ1) is 24.3. The summed E-state index contributed by atoms with van der Waals surface area (Å²) in [6.45, 7) is 6.08. The molecule has 6 atom stereocenters. The quantitative estimate of drug-likeness (QED) is 0.301. The van der Waals surface area contributed by atoms with Gasteiger partial charge in [-0.05, 0) is 51.5 Å². The average molecular weight is 499 g/mol. The lowest BCUT2D eigenvalue weighted by Crippen LogP contribution is -2.37. The lowest BCUT2D eigenvalue weighted by atomic mass is 9.95. The molecule has 2 fully saturated rings. The summed E-state index contributed by atoms with van der Waals surface area (Å²) in [6, 6.07) is 1.75. The molecule has 5 N–H and O–H groups in total. The Hall–Kier alpha value is -2.40. The lowest BCUT2D eigenvalue weighted by Gasteiger charge is -2.22. The van der Waals surface area contributed by atoms with Gasteiger partial charge >= 0.3 is 0 Å². The number of hydrogen-bond donors (Lipinski definition) is 5. The second-order valence-corrected chi connectivity index (χ2v) is 11.0. The Bertz CT molecular complexity index is 1150. The van der Waals surface area contributed by atoms with Crippen LogP contribution in [0.5, 0.6) is 0 Å². The molecule has 10 heteroatoms. The minimum Gasteiger partial charge on any atom is -0.393 e. The van der Waals surface area contributed by atoms with E-state index in [9.17, 15) is 15.3 Å². The molecule has 0 aromatic carbocycles. The minimum atomic E-state index is -1.02. The molecule has 188 valence electrons. The standard InChI is InChI=1S/C25H34N6O3S/c1-4-5-18(32)15-10-16(22(34)21(15)33)29-23-20(24-30-17-11-26-9-8-19(17)35-24)13(3)28-25(31-23)27-12(2)14-6-7-14/h8-9,11-12,14-16,18,21-22,32-34H,4-7,10H2,1-3H3,(H2,27,28,29,31). The summed E-state index contributed by atoms with van der Waals surface area (Å²) in [5.74, 6) is 1.35. The molecule has 0 saturated heterocycles. The van der Waals surface area contributed by atoms with E-state index < -0.39 is 30.3 Å². The number of aryl methyl sites for hydroxylation is 1. The zero-order chi connectivity index (χ0) is 24.7. The number of aliphatic hydroxyl groups is 3. The molecule has 6 unspecified atom stereocenters. The van der Waals surface area contributed by atoms with E-state index in [4.69, 9.17) is 15.0 Å². The van der Waals surface area contributed by atoms with Crippen LogP contribution in [-0.2, 0) is 0 Å². The number of hydrogen-bond acceptors (Lipinski definition) is 10. The van der Waals surface area contributed by atoms with E-state index in [0.717, 1.165) is 32.9 Å². The molecular formula is C25H34N6O3S. The Morgan fingerprint density at radius 2 is 1.97 bits per heavy atom. The molecule has 9 nitrogen and oxygen atoms in total. The van der Waals surface area contributed by atoms with Crippen LogP contribution in [0.1, 0.15) is 51.6 Å². The molecule has 3 heterocycles. The summed E-state index contributed by atoms with van der Waals surface area (Å²) in [5.41, 5.74) is 2.35. The van der Waals surface area contributed by atoms with Crippen LogP contribution >= 0.6 is 11.3 Å². The van der Waals surface area contributed by atoms with Crippen LogP contribution in [-0.4, -0.2) is 65.7 Å². The first-order valence-electron chi connectivity index (χ1n) is 12.5. The highest BCUT2D eigenvalue weighted by atomic mass is 32.1. The maximum absolute atomic E-state index is 10.8. The van der Waals surface area contributed by atoms with Gasteiger partial charge in [-0.25, -0.2) is 9.97 Å². The maximum atomic E-state index is 10.8.